The van der Waals surface area contributed by atoms with Gasteiger partial charge >= 0.3 is 0 Å². The van der Waals surface area contributed by atoms with Gasteiger partial charge in [-0.1, -0.05) is 12.1 Å². The van der Waals surface area contributed by atoms with E-state index < -0.39 is 0 Å². The Balaban J connectivity index is 0.000000853. The van der Waals surface area contributed by atoms with Gasteiger partial charge in [0.2, 0.25) is 0 Å². The van der Waals surface area contributed by atoms with Crippen LogP contribution in [0.4, 0.5) is 0 Å². The Bertz CT molecular complexity index is 367. The van der Waals surface area contributed by atoms with E-state index in [1.165, 1.54) is 17.5 Å². The molecule has 0 bridgehead atoms. The predicted molar refractivity (Wildman–Crippen MR) is 65.7 cm³/mol. The van der Waals surface area contributed by atoms with Gasteiger partial charge in [-0.2, -0.15) is 0 Å². The average molecular weight is 270 g/mol. The van der Waals surface area contributed by atoms with Crippen LogP contribution >= 0.6 is 17.0 Å². The second kappa shape index (κ2) is 4.14. The molecule has 1 aromatic rings. The Morgan fingerprint density at radius 3 is 3.00 bits per heavy atom. The van der Waals surface area contributed by atoms with Crippen LogP contribution in [0.2, 0.25) is 0 Å². The summed E-state index contributed by atoms with van der Waals surface area (Å²) < 4.78 is 0. The second-order valence-electron chi connectivity index (χ2n) is 4.43. The highest BCUT2D eigenvalue weighted by Gasteiger charge is 2.32. The summed E-state index contributed by atoms with van der Waals surface area (Å²) in [5, 5.41) is 13.3. The molecule has 2 nitrogen and oxygen atoms in total. The van der Waals surface area contributed by atoms with Gasteiger partial charge in [0.15, 0.2) is 0 Å². The van der Waals surface area contributed by atoms with Crippen molar-refractivity contribution in [1.29, 1.82) is 0 Å². The summed E-state index contributed by atoms with van der Waals surface area (Å²) in [4.78, 5) is 0. The van der Waals surface area contributed by atoms with Crippen molar-refractivity contribution < 1.29 is 5.11 Å². The Morgan fingerprint density at radius 2 is 2.13 bits per heavy atom. The molecule has 2 aliphatic rings. The van der Waals surface area contributed by atoms with Gasteiger partial charge in [0, 0.05) is 6.04 Å². The summed E-state index contributed by atoms with van der Waals surface area (Å²) in [6, 6.07) is 6.52. The van der Waals surface area contributed by atoms with Crippen LogP contribution in [0, 0.1) is 5.92 Å². The molecule has 0 unspecified atom stereocenters. The number of phenols is 1. The molecular weight excluding hydrogens is 254 g/mol. The van der Waals surface area contributed by atoms with Gasteiger partial charge in [0.25, 0.3) is 0 Å². The first-order chi connectivity index (χ1) is 6.84. The van der Waals surface area contributed by atoms with Crippen LogP contribution in [0.3, 0.4) is 0 Å². The highest BCUT2D eigenvalue weighted by molar-refractivity contribution is 8.93. The van der Waals surface area contributed by atoms with Gasteiger partial charge < -0.3 is 10.4 Å². The van der Waals surface area contributed by atoms with E-state index in [0.29, 0.717) is 11.8 Å². The zero-order chi connectivity index (χ0) is 9.54. The van der Waals surface area contributed by atoms with Crippen LogP contribution in [0.15, 0.2) is 18.2 Å². The van der Waals surface area contributed by atoms with E-state index >= 15 is 0 Å². The first-order valence-corrected chi connectivity index (χ1v) is 5.38. The highest BCUT2D eigenvalue weighted by atomic mass is 79.9. The van der Waals surface area contributed by atoms with Crippen LogP contribution < -0.4 is 5.32 Å². The van der Waals surface area contributed by atoms with Gasteiger partial charge in [0.05, 0.1) is 0 Å². The van der Waals surface area contributed by atoms with Crippen molar-refractivity contribution in [3.63, 3.8) is 0 Å². The smallest absolute Gasteiger partial charge is 0.119 e. The number of hydrogen-bond donors (Lipinski definition) is 2. The number of fused-ring (bicyclic) bond motifs is 2. The van der Waals surface area contributed by atoms with E-state index in [4.69, 9.17) is 0 Å². The number of hydrogen-bond acceptors (Lipinski definition) is 2. The summed E-state index contributed by atoms with van der Waals surface area (Å²) >= 11 is 0. The molecule has 0 saturated carbocycles. The molecule has 1 fully saturated rings. The predicted octanol–water partition coefficient (Wildman–Crippen LogP) is 2.05. The molecule has 3 rings (SSSR count). The summed E-state index contributed by atoms with van der Waals surface area (Å²) in [7, 11) is 0. The molecule has 1 aliphatic heterocycles. The Hall–Kier alpha value is -0.540. The summed E-state index contributed by atoms with van der Waals surface area (Å²) in [5.74, 6) is 1.28. The molecule has 1 heterocycles. The van der Waals surface area contributed by atoms with Crippen LogP contribution in [-0.2, 0) is 12.8 Å². The van der Waals surface area contributed by atoms with Crippen LogP contribution in [0.1, 0.15) is 17.5 Å². The van der Waals surface area contributed by atoms with Gasteiger partial charge in [-0.15, -0.1) is 17.0 Å². The monoisotopic (exact) mass is 269 g/mol. The van der Waals surface area contributed by atoms with E-state index in [0.717, 1.165) is 25.3 Å². The molecule has 0 spiro atoms. The normalized spacial score (nSPS) is 27.7. The third kappa shape index (κ3) is 1.79. The van der Waals surface area contributed by atoms with E-state index in [9.17, 15) is 5.11 Å². The molecule has 3 heteroatoms. The van der Waals surface area contributed by atoms with Gasteiger partial charge in [-0.3, -0.25) is 0 Å². The number of benzene rings is 1. The molecule has 0 radical (unpaired) electrons. The zero-order valence-corrected chi connectivity index (χ0v) is 10.3. The molecule has 1 aromatic carbocycles. The molecule has 82 valence electrons. The maximum atomic E-state index is 9.75. The minimum Gasteiger partial charge on any atom is -0.508 e. The standard InChI is InChI=1S/C12H15NO.BrH/c14-12-3-1-2-8-6-9-4-5-13-11(9)7-10(8)12;/h1-3,9,11,13-14H,4-7H2;1H/t9-,11-;/m1./s1. The largest absolute Gasteiger partial charge is 0.508 e. The van der Waals surface area contributed by atoms with Crippen molar-refractivity contribution in [2.45, 2.75) is 25.3 Å². The van der Waals surface area contributed by atoms with Crippen molar-refractivity contribution in [1.82, 2.24) is 5.32 Å². The average Bonchev–Trinajstić information content (AvgIpc) is 2.62. The number of halogens is 1. The lowest BCUT2D eigenvalue weighted by molar-refractivity contribution is 0.399. The van der Waals surface area contributed by atoms with Crippen molar-refractivity contribution in [2.75, 3.05) is 6.54 Å². The minimum atomic E-state index is 0. The third-order valence-electron chi connectivity index (χ3n) is 3.65. The fourth-order valence-electron chi connectivity index (χ4n) is 2.86. The number of phenolic OH excluding ortho intramolecular Hbond substituents is 1. The quantitative estimate of drug-likeness (QED) is 0.756. The third-order valence-corrected chi connectivity index (χ3v) is 3.65. The Kier molecular flexibility index (Phi) is 3.03. The zero-order valence-electron chi connectivity index (χ0n) is 8.57. The van der Waals surface area contributed by atoms with Crippen molar-refractivity contribution >= 4 is 17.0 Å². The van der Waals surface area contributed by atoms with Crippen LogP contribution in [0.25, 0.3) is 0 Å². The van der Waals surface area contributed by atoms with E-state index in [2.05, 4.69) is 11.4 Å². The summed E-state index contributed by atoms with van der Waals surface area (Å²) in [6.07, 6.45) is 3.44. The number of aromatic hydroxyl groups is 1. The number of rotatable bonds is 0. The molecule has 2 N–H and O–H groups in total. The molecule has 0 amide bonds. The molecular formula is C12H16BrNO. The lowest BCUT2D eigenvalue weighted by Gasteiger charge is -2.27. The number of nitrogens with one attached hydrogen (secondary N) is 1. The van der Waals surface area contributed by atoms with E-state index in [-0.39, 0.29) is 17.0 Å². The minimum absolute atomic E-state index is 0. The first-order valence-electron chi connectivity index (χ1n) is 5.38. The van der Waals surface area contributed by atoms with Gasteiger partial charge in [-0.25, -0.2) is 0 Å². The molecule has 15 heavy (non-hydrogen) atoms. The molecule has 1 saturated heterocycles. The van der Waals surface area contributed by atoms with Crippen LogP contribution in [-0.4, -0.2) is 17.7 Å². The second-order valence-corrected chi connectivity index (χ2v) is 4.43. The fraction of sp³-hybridized carbons (Fsp3) is 0.500. The molecule has 2 atom stereocenters. The fourth-order valence-corrected chi connectivity index (χ4v) is 2.86. The lowest BCUT2D eigenvalue weighted by atomic mass is 9.80. The van der Waals surface area contributed by atoms with Gasteiger partial charge in [0.1, 0.15) is 5.75 Å². The van der Waals surface area contributed by atoms with Crippen molar-refractivity contribution in [3.05, 3.63) is 29.3 Å². The lowest BCUT2D eigenvalue weighted by Crippen LogP contribution is -2.34. The molecule has 0 aromatic heterocycles. The van der Waals surface area contributed by atoms with E-state index in [1.54, 1.807) is 6.07 Å². The maximum absolute atomic E-state index is 9.75. The van der Waals surface area contributed by atoms with E-state index in [1.807, 2.05) is 6.07 Å². The first kappa shape index (κ1) is 11.0. The highest BCUT2D eigenvalue weighted by Crippen LogP contribution is 2.34. The Morgan fingerprint density at radius 1 is 1.27 bits per heavy atom. The Labute approximate surface area is 100 Å². The van der Waals surface area contributed by atoms with Gasteiger partial charge in [-0.05, 0) is 48.9 Å². The van der Waals surface area contributed by atoms with Crippen molar-refractivity contribution in [2.24, 2.45) is 5.92 Å². The summed E-state index contributed by atoms with van der Waals surface area (Å²) in [5.41, 5.74) is 2.53. The summed E-state index contributed by atoms with van der Waals surface area (Å²) in [6.45, 7) is 1.14. The maximum Gasteiger partial charge on any atom is 0.119 e. The van der Waals surface area contributed by atoms with Crippen LogP contribution in [0.5, 0.6) is 5.75 Å². The molecule has 1 aliphatic carbocycles. The topological polar surface area (TPSA) is 32.3 Å². The SMILES string of the molecule is Br.Oc1cccc2c1C[C@H]1NCC[C@@H]1C2. The van der Waals surface area contributed by atoms with Crippen molar-refractivity contribution in [3.8, 4) is 5.75 Å².